The Kier molecular flexibility index (Phi) is 3.62. The number of hydrogen-bond acceptors (Lipinski definition) is 3. The molecule has 0 aromatic rings. The van der Waals surface area contributed by atoms with Crippen LogP contribution in [0, 0.1) is 34.5 Å². The fourth-order valence-corrected chi connectivity index (χ4v) is 7.29. The molecule has 4 saturated carbocycles. The standard InChI is InChI=1S/C20H30O3/c1-19-9-7-14(22)11-13(19)3-4-15-16-5-6-18(23-12-21)20(16,2)10-8-17(15)19/h12-13,15-18H,3-11H2,1-2H3/t13-,15-,16-,17-,18+,19-,20-/m0/s1. The number of carbonyl (C=O) groups excluding carboxylic acids is 2. The fourth-order valence-electron chi connectivity index (χ4n) is 7.29. The molecule has 0 saturated heterocycles. The largest absolute Gasteiger partial charge is 0.464 e. The molecule has 3 heteroatoms. The first-order valence-corrected chi connectivity index (χ1v) is 9.60. The number of ether oxygens (including phenoxy) is 1. The molecule has 3 nitrogen and oxygen atoms in total. The third kappa shape index (κ3) is 2.14. The van der Waals surface area contributed by atoms with E-state index in [0.717, 1.165) is 37.5 Å². The topological polar surface area (TPSA) is 43.4 Å². The lowest BCUT2D eigenvalue weighted by atomic mass is 9.45. The van der Waals surface area contributed by atoms with Gasteiger partial charge >= 0.3 is 0 Å². The van der Waals surface area contributed by atoms with Crippen LogP contribution in [0.4, 0.5) is 0 Å². The van der Waals surface area contributed by atoms with E-state index in [4.69, 9.17) is 4.74 Å². The number of hydrogen-bond donors (Lipinski definition) is 0. The molecule has 4 fully saturated rings. The second-order valence-corrected chi connectivity index (χ2v) is 9.24. The highest BCUT2D eigenvalue weighted by molar-refractivity contribution is 5.79. The summed E-state index contributed by atoms with van der Waals surface area (Å²) < 4.78 is 5.48. The molecule has 0 aliphatic heterocycles. The van der Waals surface area contributed by atoms with E-state index < -0.39 is 0 Å². The van der Waals surface area contributed by atoms with Gasteiger partial charge in [-0.2, -0.15) is 0 Å². The molecule has 0 unspecified atom stereocenters. The van der Waals surface area contributed by atoms with E-state index in [9.17, 15) is 9.59 Å². The van der Waals surface area contributed by atoms with Crippen molar-refractivity contribution in [1.82, 2.24) is 0 Å². The molecule has 4 aliphatic carbocycles. The summed E-state index contributed by atoms with van der Waals surface area (Å²) in [7, 11) is 0. The highest BCUT2D eigenvalue weighted by atomic mass is 16.5. The van der Waals surface area contributed by atoms with Crippen molar-refractivity contribution < 1.29 is 14.3 Å². The van der Waals surface area contributed by atoms with Gasteiger partial charge < -0.3 is 4.74 Å². The van der Waals surface area contributed by atoms with E-state index in [1.165, 1.54) is 32.1 Å². The zero-order valence-electron chi connectivity index (χ0n) is 14.6. The van der Waals surface area contributed by atoms with Crippen molar-refractivity contribution in [1.29, 1.82) is 0 Å². The normalized spacial score (nSPS) is 52.3. The van der Waals surface area contributed by atoms with Crippen molar-refractivity contribution in [2.45, 2.75) is 77.7 Å². The van der Waals surface area contributed by atoms with Crippen LogP contribution in [0.5, 0.6) is 0 Å². The van der Waals surface area contributed by atoms with Crippen LogP contribution < -0.4 is 0 Å². The maximum absolute atomic E-state index is 11.9. The van der Waals surface area contributed by atoms with Crippen LogP contribution in [0.3, 0.4) is 0 Å². The van der Waals surface area contributed by atoms with Gasteiger partial charge in [-0.25, -0.2) is 0 Å². The summed E-state index contributed by atoms with van der Waals surface area (Å²) >= 11 is 0. The average Bonchev–Trinajstić information content (AvgIpc) is 2.85. The Hall–Kier alpha value is -0.860. The number of rotatable bonds is 2. The van der Waals surface area contributed by atoms with Gasteiger partial charge in [0.05, 0.1) is 0 Å². The molecule has 0 aromatic heterocycles. The Labute approximate surface area is 139 Å². The maximum atomic E-state index is 11.9. The second-order valence-electron chi connectivity index (χ2n) is 9.24. The van der Waals surface area contributed by atoms with Crippen molar-refractivity contribution in [3.63, 3.8) is 0 Å². The zero-order chi connectivity index (χ0) is 16.2. The SMILES string of the molecule is C[C@]12CCC(=O)C[C@@H]1CC[C@@H]1[C@@H]2CC[C@]2(C)[C@H](OC=O)CC[C@@H]12. The lowest BCUT2D eigenvalue weighted by molar-refractivity contribution is -0.153. The molecule has 4 aliphatic rings. The molecule has 0 amide bonds. The molecule has 128 valence electrons. The summed E-state index contributed by atoms with van der Waals surface area (Å²) in [6.45, 7) is 5.52. The van der Waals surface area contributed by atoms with Gasteiger partial charge in [0.25, 0.3) is 6.47 Å². The first kappa shape index (κ1) is 15.7. The molecule has 0 N–H and O–H groups in total. The summed E-state index contributed by atoms with van der Waals surface area (Å²) in [6, 6.07) is 0. The van der Waals surface area contributed by atoms with Crippen LogP contribution in [0.15, 0.2) is 0 Å². The van der Waals surface area contributed by atoms with Gasteiger partial charge in [-0.15, -0.1) is 0 Å². The summed E-state index contributed by atoms with van der Waals surface area (Å²) in [5, 5.41) is 0. The number of fused-ring (bicyclic) bond motifs is 5. The molecular weight excluding hydrogens is 288 g/mol. The zero-order valence-corrected chi connectivity index (χ0v) is 14.6. The minimum Gasteiger partial charge on any atom is -0.464 e. The van der Waals surface area contributed by atoms with E-state index in [2.05, 4.69) is 13.8 Å². The molecule has 0 spiro atoms. The Morgan fingerprint density at radius 1 is 1.00 bits per heavy atom. The molecular formula is C20H30O3. The maximum Gasteiger partial charge on any atom is 0.293 e. The fraction of sp³-hybridized carbons (Fsp3) is 0.900. The second kappa shape index (κ2) is 5.32. The average molecular weight is 318 g/mol. The molecule has 0 radical (unpaired) electrons. The van der Waals surface area contributed by atoms with Crippen LogP contribution >= 0.6 is 0 Å². The van der Waals surface area contributed by atoms with Crippen molar-refractivity contribution in [3.8, 4) is 0 Å². The Bertz CT molecular complexity index is 515. The molecule has 0 heterocycles. The van der Waals surface area contributed by atoms with E-state index in [1.807, 2.05) is 0 Å². The highest BCUT2D eigenvalue weighted by Crippen LogP contribution is 2.66. The first-order chi connectivity index (χ1) is 11.0. The van der Waals surface area contributed by atoms with Crippen LogP contribution in [0.25, 0.3) is 0 Å². The van der Waals surface area contributed by atoms with E-state index in [1.54, 1.807) is 0 Å². The summed E-state index contributed by atoms with van der Waals surface area (Å²) in [6.07, 6.45) is 10.1. The third-order valence-corrected chi connectivity index (χ3v) is 8.61. The lowest BCUT2D eigenvalue weighted by Gasteiger charge is -2.60. The summed E-state index contributed by atoms with van der Waals surface area (Å²) in [4.78, 5) is 22.8. The van der Waals surface area contributed by atoms with Gasteiger partial charge in [-0.05, 0) is 74.0 Å². The van der Waals surface area contributed by atoms with Gasteiger partial charge in [0, 0.05) is 18.3 Å². The van der Waals surface area contributed by atoms with Gasteiger partial charge in [-0.3, -0.25) is 9.59 Å². The Morgan fingerprint density at radius 3 is 2.57 bits per heavy atom. The monoisotopic (exact) mass is 318 g/mol. The minimum atomic E-state index is 0.129. The molecule has 4 rings (SSSR count). The third-order valence-electron chi connectivity index (χ3n) is 8.61. The predicted molar refractivity (Wildman–Crippen MR) is 87.7 cm³/mol. The van der Waals surface area contributed by atoms with Crippen LogP contribution in [0.2, 0.25) is 0 Å². The van der Waals surface area contributed by atoms with Crippen molar-refractivity contribution >= 4 is 12.3 Å². The summed E-state index contributed by atoms with van der Waals surface area (Å²) in [5.41, 5.74) is 0.567. The molecule has 0 aromatic carbocycles. The number of ketones is 1. The predicted octanol–water partition coefficient (Wildman–Crippen LogP) is 4.14. The van der Waals surface area contributed by atoms with Crippen LogP contribution in [-0.2, 0) is 14.3 Å². The van der Waals surface area contributed by atoms with Crippen molar-refractivity contribution in [2.75, 3.05) is 0 Å². The van der Waals surface area contributed by atoms with Crippen molar-refractivity contribution in [2.24, 2.45) is 34.5 Å². The molecule has 23 heavy (non-hydrogen) atoms. The first-order valence-electron chi connectivity index (χ1n) is 9.60. The van der Waals surface area contributed by atoms with Crippen LogP contribution in [0.1, 0.15) is 71.6 Å². The number of Topliss-reactive ketones (excluding diaryl/α,β-unsaturated/α-hetero) is 1. The van der Waals surface area contributed by atoms with Gasteiger partial charge in [0.2, 0.25) is 0 Å². The van der Waals surface area contributed by atoms with E-state index in [0.29, 0.717) is 29.5 Å². The van der Waals surface area contributed by atoms with E-state index >= 15 is 0 Å². The Balaban J connectivity index is 1.60. The van der Waals surface area contributed by atoms with Gasteiger partial charge in [-0.1, -0.05) is 13.8 Å². The smallest absolute Gasteiger partial charge is 0.293 e. The van der Waals surface area contributed by atoms with Gasteiger partial charge in [0.15, 0.2) is 0 Å². The summed E-state index contributed by atoms with van der Waals surface area (Å²) in [5.74, 6) is 3.39. The van der Waals surface area contributed by atoms with Crippen molar-refractivity contribution in [3.05, 3.63) is 0 Å². The van der Waals surface area contributed by atoms with Crippen LogP contribution in [-0.4, -0.2) is 18.4 Å². The minimum absolute atomic E-state index is 0.129. The quantitative estimate of drug-likeness (QED) is 0.719. The van der Waals surface area contributed by atoms with Gasteiger partial charge in [0.1, 0.15) is 11.9 Å². The lowest BCUT2D eigenvalue weighted by Crippen LogP contribution is -2.54. The van der Waals surface area contributed by atoms with E-state index in [-0.39, 0.29) is 11.5 Å². The Morgan fingerprint density at radius 2 is 1.78 bits per heavy atom. The highest BCUT2D eigenvalue weighted by Gasteiger charge is 2.60. The molecule has 7 atom stereocenters. The number of carbonyl (C=O) groups is 2. The molecule has 0 bridgehead atoms.